The molecule has 110 valence electrons. The maximum absolute atomic E-state index is 4.59. The van der Waals surface area contributed by atoms with Gasteiger partial charge in [-0.25, -0.2) is 9.97 Å². The Kier molecular flexibility index (Phi) is 3.15. The molecule has 3 aromatic rings. The van der Waals surface area contributed by atoms with Crippen LogP contribution in [0.5, 0.6) is 0 Å². The molecule has 0 aliphatic heterocycles. The van der Waals surface area contributed by atoms with E-state index in [0.29, 0.717) is 0 Å². The summed E-state index contributed by atoms with van der Waals surface area (Å²) in [5, 5.41) is 5.68. The van der Waals surface area contributed by atoms with Crippen LogP contribution in [0.2, 0.25) is 0 Å². The number of nitrogens with one attached hydrogen (secondary N) is 1. The van der Waals surface area contributed by atoms with Crippen LogP contribution < -0.4 is 5.43 Å². The average Bonchev–Trinajstić information content (AvgIpc) is 3.07. The summed E-state index contributed by atoms with van der Waals surface area (Å²) in [7, 11) is 0. The van der Waals surface area contributed by atoms with Crippen molar-refractivity contribution in [3.8, 4) is 0 Å². The van der Waals surface area contributed by atoms with Crippen LogP contribution in [-0.2, 0) is 12.8 Å². The van der Waals surface area contributed by atoms with Gasteiger partial charge in [-0.05, 0) is 30.5 Å². The quantitative estimate of drug-likeness (QED) is 0.731. The lowest BCUT2D eigenvalue weighted by molar-refractivity contribution is 1.17. The fourth-order valence-electron chi connectivity index (χ4n) is 2.88. The topological polar surface area (TPSA) is 50.2 Å². The molecule has 0 spiro atoms. The van der Waals surface area contributed by atoms with E-state index >= 15 is 0 Å². The molecule has 4 rings (SSSR count). The number of fused-ring (bicyclic) bond motifs is 2. The van der Waals surface area contributed by atoms with E-state index in [2.05, 4.69) is 58.6 Å². The number of anilines is 1. The Labute approximate surface area is 132 Å². The van der Waals surface area contributed by atoms with Gasteiger partial charge in [-0.3, -0.25) is 5.43 Å². The van der Waals surface area contributed by atoms with E-state index < -0.39 is 0 Å². The largest absolute Gasteiger partial charge is 0.261 e. The molecular formula is C17H16N4S. The fraction of sp³-hybridized carbons (Fsp3) is 0.235. The molecule has 0 unspecified atom stereocenters. The number of thiophene rings is 1. The molecular weight excluding hydrogens is 292 g/mol. The third kappa shape index (κ3) is 2.18. The molecule has 5 heteroatoms. The van der Waals surface area contributed by atoms with Gasteiger partial charge in [0.25, 0.3) is 0 Å². The zero-order chi connectivity index (χ0) is 15.1. The van der Waals surface area contributed by atoms with E-state index in [-0.39, 0.29) is 0 Å². The summed E-state index contributed by atoms with van der Waals surface area (Å²) < 4.78 is 0. The van der Waals surface area contributed by atoms with Crippen LogP contribution in [0.4, 0.5) is 5.82 Å². The first kappa shape index (κ1) is 13.4. The average molecular weight is 308 g/mol. The predicted octanol–water partition coefficient (Wildman–Crippen LogP) is 3.87. The Bertz CT molecular complexity index is 868. The highest BCUT2D eigenvalue weighted by molar-refractivity contribution is 7.18. The molecule has 4 nitrogen and oxygen atoms in total. The number of rotatable bonds is 2. The van der Waals surface area contributed by atoms with Gasteiger partial charge in [0, 0.05) is 23.4 Å². The first-order chi connectivity index (χ1) is 10.7. The summed E-state index contributed by atoms with van der Waals surface area (Å²) in [4.78, 5) is 11.0. The fourth-order valence-corrected chi connectivity index (χ4v) is 3.88. The van der Waals surface area contributed by atoms with E-state index in [0.717, 1.165) is 34.6 Å². The monoisotopic (exact) mass is 308 g/mol. The van der Waals surface area contributed by atoms with Crippen molar-refractivity contribution in [2.75, 3.05) is 5.43 Å². The standard InChI is InChI=1S/C17H16N4S/c1-10-11(2)22-17-15(10)16(18-9-19-17)21-20-14-7-12-5-3-4-6-13(12)8-14/h3-6,9H,7-8H2,1-2H3,(H,18,19,21). The highest BCUT2D eigenvalue weighted by Gasteiger charge is 2.16. The third-order valence-electron chi connectivity index (χ3n) is 4.19. The number of hydrazone groups is 1. The number of hydrogen-bond acceptors (Lipinski definition) is 5. The van der Waals surface area contributed by atoms with Gasteiger partial charge in [0.15, 0.2) is 5.82 Å². The van der Waals surface area contributed by atoms with Crippen LogP contribution in [-0.4, -0.2) is 15.7 Å². The van der Waals surface area contributed by atoms with Gasteiger partial charge in [-0.1, -0.05) is 24.3 Å². The predicted molar refractivity (Wildman–Crippen MR) is 91.8 cm³/mol. The minimum atomic E-state index is 0.801. The summed E-state index contributed by atoms with van der Waals surface area (Å²) in [6.45, 7) is 4.23. The van der Waals surface area contributed by atoms with Gasteiger partial charge in [-0.15, -0.1) is 11.3 Å². The van der Waals surface area contributed by atoms with E-state index in [9.17, 15) is 0 Å². The normalized spacial score (nSPS) is 13.5. The molecule has 0 bridgehead atoms. The molecule has 22 heavy (non-hydrogen) atoms. The molecule has 0 fully saturated rings. The molecule has 0 saturated heterocycles. The number of nitrogens with zero attached hydrogens (tertiary/aromatic N) is 3. The number of benzene rings is 1. The molecule has 1 aliphatic rings. The van der Waals surface area contributed by atoms with E-state index in [1.54, 1.807) is 17.7 Å². The van der Waals surface area contributed by atoms with Crippen molar-refractivity contribution in [1.29, 1.82) is 0 Å². The molecule has 2 aromatic heterocycles. The van der Waals surface area contributed by atoms with Gasteiger partial charge in [-0.2, -0.15) is 5.10 Å². The van der Waals surface area contributed by atoms with Gasteiger partial charge >= 0.3 is 0 Å². The number of aromatic nitrogens is 2. The summed E-state index contributed by atoms with van der Waals surface area (Å²) in [5.41, 5.74) is 8.29. The Hall–Kier alpha value is -2.27. The van der Waals surface area contributed by atoms with Crippen LogP contribution in [0.1, 0.15) is 21.6 Å². The minimum Gasteiger partial charge on any atom is -0.261 e. The molecule has 0 radical (unpaired) electrons. The Morgan fingerprint density at radius 1 is 1.09 bits per heavy atom. The van der Waals surface area contributed by atoms with E-state index in [4.69, 9.17) is 0 Å². The van der Waals surface area contributed by atoms with Gasteiger partial charge in [0.2, 0.25) is 0 Å². The zero-order valence-corrected chi connectivity index (χ0v) is 13.4. The van der Waals surface area contributed by atoms with Crippen molar-refractivity contribution in [2.45, 2.75) is 26.7 Å². The summed E-state index contributed by atoms with van der Waals surface area (Å²) in [6.07, 6.45) is 3.43. The zero-order valence-electron chi connectivity index (χ0n) is 12.6. The highest BCUT2D eigenvalue weighted by Crippen LogP contribution is 2.32. The third-order valence-corrected chi connectivity index (χ3v) is 5.31. The highest BCUT2D eigenvalue weighted by atomic mass is 32.1. The Morgan fingerprint density at radius 3 is 2.55 bits per heavy atom. The van der Waals surface area contributed by atoms with Gasteiger partial charge < -0.3 is 0 Å². The molecule has 1 aliphatic carbocycles. The first-order valence-corrected chi connectivity index (χ1v) is 8.13. The second-order valence-electron chi connectivity index (χ2n) is 5.60. The Morgan fingerprint density at radius 2 is 1.82 bits per heavy atom. The van der Waals surface area contributed by atoms with E-state index in [1.807, 2.05) is 0 Å². The van der Waals surface area contributed by atoms with Crippen molar-refractivity contribution in [2.24, 2.45) is 5.10 Å². The summed E-state index contributed by atoms with van der Waals surface area (Å²) in [6, 6.07) is 8.52. The number of aryl methyl sites for hydroxylation is 2. The first-order valence-electron chi connectivity index (χ1n) is 7.31. The van der Waals surface area contributed by atoms with Crippen molar-refractivity contribution in [3.63, 3.8) is 0 Å². The smallest absolute Gasteiger partial charge is 0.158 e. The second-order valence-corrected chi connectivity index (χ2v) is 6.80. The van der Waals surface area contributed by atoms with Gasteiger partial charge in [0.1, 0.15) is 11.2 Å². The Balaban J connectivity index is 1.64. The van der Waals surface area contributed by atoms with Gasteiger partial charge in [0.05, 0.1) is 5.39 Å². The van der Waals surface area contributed by atoms with Crippen LogP contribution in [0, 0.1) is 13.8 Å². The van der Waals surface area contributed by atoms with Crippen molar-refractivity contribution < 1.29 is 0 Å². The SMILES string of the molecule is Cc1sc2ncnc(NN=C3Cc4ccccc4C3)c2c1C. The minimum absolute atomic E-state index is 0.801. The van der Waals surface area contributed by atoms with Crippen LogP contribution in [0.15, 0.2) is 35.7 Å². The van der Waals surface area contributed by atoms with E-state index in [1.165, 1.54) is 21.6 Å². The van der Waals surface area contributed by atoms with Crippen LogP contribution in [0.25, 0.3) is 10.2 Å². The lowest BCUT2D eigenvalue weighted by atomic mass is 10.1. The van der Waals surface area contributed by atoms with Crippen LogP contribution in [0.3, 0.4) is 0 Å². The second kappa shape index (κ2) is 5.18. The molecule has 1 aromatic carbocycles. The van der Waals surface area contributed by atoms with Crippen molar-refractivity contribution >= 4 is 33.1 Å². The van der Waals surface area contributed by atoms with Crippen molar-refractivity contribution in [3.05, 3.63) is 52.2 Å². The number of hydrogen-bond donors (Lipinski definition) is 1. The molecule has 0 amide bonds. The van der Waals surface area contributed by atoms with Crippen molar-refractivity contribution in [1.82, 2.24) is 9.97 Å². The molecule has 0 atom stereocenters. The maximum Gasteiger partial charge on any atom is 0.158 e. The lowest BCUT2D eigenvalue weighted by Crippen LogP contribution is -2.03. The molecule has 0 saturated carbocycles. The summed E-state index contributed by atoms with van der Waals surface area (Å²) in [5.74, 6) is 0.801. The van der Waals surface area contributed by atoms with Crippen LogP contribution >= 0.6 is 11.3 Å². The molecule has 1 N–H and O–H groups in total. The maximum atomic E-state index is 4.59. The summed E-state index contributed by atoms with van der Waals surface area (Å²) >= 11 is 1.70. The lowest BCUT2D eigenvalue weighted by Gasteiger charge is -2.03. The molecule has 2 heterocycles.